The van der Waals surface area contributed by atoms with Crippen molar-refractivity contribution in [3.63, 3.8) is 0 Å². The van der Waals surface area contributed by atoms with E-state index in [9.17, 15) is 26.3 Å². The Morgan fingerprint density at radius 1 is 0.833 bits per heavy atom. The van der Waals surface area contributed by atoms with Crippen LogP contribution in [-0.4, -0.2) is 12.7 Å². The largest absolute Gasteiger partial charge is 0.573 e. The van der Waals surface area contributed by atoms with E-state index < -0.39 is 24.2 Å². The van der Waals surface area contributed by atoms with Crippen molar-refractivity contribution in [2.24, 2.45) is 0 Å². The maximum Gasteiger partial charge on any atom is 0.573 e. The molecule has 24 heavy (non-hydrogen) atoms. The number of hydrogen-bond donors (Lipinski definition) is 0. The zero-order chi connectivity index (χ0) is 18.0. The van der Waals surface area contributed by atoms with Crippen LogP contribution >= 0.6 is 0 Å². The van der Waals surface area contributed by atoms with Gasteiger partial charge in [-0.25, -0.2) is 0 Å². The van der Waals surface area contributed by atoms with Crippen molar-refractivity contribution in [1.82, 2.24) is 0 Å². The summed E-state index contributed by atoms with van der Waals surface area (Å²) in [5.74, 6) is -1.30. The summed E-state index contributed by atoms with van der Waals surface area (Å²) in [6, 6.07) is 9.26. The number of hydrogen-bond acceptors (Lipinski definition) is 3. The van der Waals surface area contributed by atoms with Crippen LogP contribution in [0.4, 0.5) is 26.3 Å². The van der Waals surface area contributed by atoms with Crippen molar-refractivity contribution in [2.45, 2.75) is 12.7 Å². The molecule has 0 saturated heterocycles. The Kier molecular flexibility index (Phi) is 4.59. The number of ether oxygens (including phenoxy) is 2. The normalized spacial score (nSPS) is 11.7. The van der Waals surface area contributed by atoms with E-state index in [1.54, 1.807) is 6.07 Å². The fraction of sp³-hybridized carbons (Fsp3) is 0.133. The van der Waals surface area contributed by atoms with Gasteiger partial charge in [0.15, 0.2) is 0 Å². The van der Waals surface area contributed by atoms with Gasteiger partial charge in [0.1, 0.15) is 11.5 Å². The monoisotopic (exact) mass is 347 g/mol. The van der Waals surface area contributed by atoms with Gasteiger partial charge in [0.2, 0.25) is 0 Å². The summed E-state index contributed by atoms with van der Waals surface area (Å²) < 4.78 is 81.8. The van der Waals surface area contributed by atoms with Crippen LogP contribution in [0.25, 0.3) is 11.1 Å². The first-order valence-electron chi connectivity index (χ1n) is 6.23. The van der Waals surface area contributed by atoms with Gasteiger partial charge < -0.3 is 9.47 Å². The lowest BCUT2D eigenvalue weighted by Crippen LogP contribution is -2.18. The molecule has 2 rings (SSSR count). The van der Waals surface area contributed by atoms with Crippen molar-refractivity contribution in [1.29, 1.82) is 5.26 Å². The zero-order valence-corrected chi connectivity index (χ0v) is 11.6. The van der Waals surface area contributed by atoms with E-state index >= 15 is 0 Å². The molecule has 2 aromatic rings. The second-order valence-corrected chi connectivity index (χ2v) is 4.45. The third-order valence-electron chi connectivity index (χ3n) is 2.72. The molecule has 0 aliphatic rings. The average molecular weight is 347 g/mol. The van der Waals surface area contributed by atoms with Gasteiger partial charge in [-0.3, -0.25) is 0 Å². The minimum absolute atomic E-state index is 0.000454. The SMILES string of the molecule is N#Cc1ccc(-c2cccc(OC(F)(F)F)c2)c(OC(F)(F)F)c1. The lowest BCUT2D eigenvalue weighted by molar-refractivity contribution is -0.275. The quantitative estimate of drug-likeness (QED) is 0.732. The Balaban J connectivity index is 2.48. The third-order valence-corrected chi connectivity index (χ3v) is 2.72. The van der Waals surface area contributed by atoms with Crippen molar-refractivity contribution < 1.29 is 35.8 Å². The summed E-state index contributed by atoms with van der Waals surface area (Å²) in [7, 11) is 0. The van der Waals surface area contributed by atoms with Gasteiger partial charge in [-0.05, 0) is 35.9 Å². The molecule has 0 fully saturated rings. The molecule has 0 radical (unpaired) electrons. The zero-order valence-electron chi connectivity index (χ0n) is 11.6. The maximum absolute atomic E-state index is 12.5. The predicted molar refractivity (Wildman–Crippen MR) is 70.0 cm³/mol. The van der Waals surface area contributed by atoms with Gasteiger partial charge in [-0.2, -0.15) is 5.26 Å². The van der Waals surface area contributed by atoms with E-state index in [-0.39, 0.29) is 16.7 Å². The molecule has 0 aliphatic heterocycles. The molecular formula is C15H7F6NO2. The topological polar surface area (TPSA) is 42.2 Å². The van der Waals surface area contributed by atoms with Crippen molar-refractivity contribution in [3.05, 3.63) is 48.0 Å². The number of halogens is 6. The molecule has 126 valence electrons. The number of rotatable bonds is 3. The highest BCUT2D eigenvalue weighted by molar-refractivity contribution is 5.72. The van der Waals surface area contributed by atoms with E-state index in [4.69, 9.17) is 5.26 Å². The predicted octanol–water partition coefficient (Wildman–Crippen LogP) is 5.02. The smallest absolute Gasteiger partial charge is 0.406 e. The number of alkyl halides is 6. The van der Waals surface area contributed by atoms with E-state index in [0.717, 1.165) is 24.3 Å². The summed E-state index contributed by atoms with van der Waals surface area (Å²) in [4.78, 5) is 0. The van der Waals surface area contributed by atoms with Gasteiger partial charge in [0, 0.05) is 5.56 Å². The average Bonchev–Trinajstić information content (AvgIpc) is 2.44. The molecule has 3 nitrogen and oxygen atoms in total. The van der Waals surface area contributed by atoms with Crippen molar-refractivity contribution >= 4 is 0 Å². The molecule has 0 amide bonds. The second-order valence-electron chi connectivity index (χ2n) is 4.45. The molecule has 0 unspecified atom stereocenters. The molecule has 9 heteroatoms. The van der Waals surface area contributed by atoms with E-state index in [1.807, 2.05) is 0 Å². The van der Waals surface area contributed by atoms with Crippen LogP contribution in [0.1, 0.15) is 5.56 Å². The van der Waals surface area contributed by atoms with Crippen LogP contribution in [0.3, 0.4) is 0 Å². The Labute approximate surface area is 131 Å². The van der Waals surface area contributed by atoms with Gasteiger partial charge in [-0.1, -0.05) is 12.1 Å². The van der Waals surface area contributed by atoms with Crippen molar-refractivity contribution in [2.75, 3.05) is 0 Å². The molecule has 0 N–H and O–H groups in total. The Bertz CT molecular complexity index is 777. The molecule has 0 saturated carbocycles. The molecule has 0 bridgehead atoms. The molecule has 0 heterocycles. The summed E-state index contributed by atoms with van der Waals surface area (Å²) in [5.41, 5.74) is -0.236. The minimum Gasteiger partial charge on any atom is -0.406 e. The van der Waals surface area contributed by atoms with Gasteiger partial charge in [-0.15, -0.1) is 26.3 Å². The minimum atomic E-state index is -5.02. The Morgan fingerprint density at radius 2 is 1.50 bits per heavy atom. The summed E-state index contributed by atoms with van der Waals surface area (Å²) in [5, 5.41) is 8.76. The van der Waals surface area contributed by atoms with Gasteiger partial charge in [0.05, 0.1) is 11.6 Å². The summed E-state index contributed by atoms with van der Waals surface area (Å²) in [6.07, 6.45) is -9.96. The first-order chi connectivity index (χ1) is 11.1. The fourth-order valence-electron chi connectivity index (χ4n) is 1.90. The first kappa shape index (κ1) is 17.5. The van der Waals surface area contributed by atoms with Crippen LogP contribution < -0.4 is 9.47 Å². The fourth-order valence-corrected chi connectivity index (χ4v) is 1.90. The molecule has 2 aromatic carbocycles. The molecular weight excluding hydrogens is 340 g/mol. The van der Waals surface area contributed by atoms with Crippen LogP contribution in [-0.2, 0) is 0 Å². The highest BCUT2D eigenvalue weighted by atomic mass is 19.4. The molecule has 0 atom stereocenters. The Morgan fingerprint density at radius 3 is 2.08 bits per heavy atom. The summed E-state index contributed by atoms with van der Waals surface area (Å²) in [6.45, 7) is 0. The maximum atomic E-state index is 12.5. The van der Waals surface area contributed by atoms with Gasteiger partial charge in [0.25, 0.3) is 0 Å². The van der Waals surface area contributed by atoms with Crippen LogP contribution in [0.2, 0.25) is 0 Å². The van der Waals surface area contributed by atoms with Crippen LogP contribution in [0, 0.1) is 11.3 Å². The van der Waals surface area contributed by atoms with Gasteiger partial charge >= 0.3 is 12.7 Å². The number of benzene rings is 2. The first-order valence-corrected chi connectivity index (χ1v) is 6.23. The molecule has 0 aliphatic carbocycles. The van der Waals surface area contributed by atoms with E-state index in [1.165, 1.54) is 18.2 Å². The Hall–Kier alpha value is -2.89. The third kappa shape index (κ3) is 4.81. The second kappa shape index (κ2) is 6.31. The lowest BCUT2D eigenvalue weighted by atomic mass is 10.0. The number of nitriles is 1. The molecule has 0 aromatic heterocycles. The highest BCUT2D eigenvalue weighted by Gasteiger charge is 2.33. The number of nitrogens with zero attached hydrogens (tertiary/aromatic N) is 1. The van der Waals surface area contributed by atoms with Crippen molar-refractivity contribution in [3.8, 4) is 28.7 Å². The van der Waals surface area contributed by atoms with Crippen LogP contribution in [0.15, 0.2) is 42.5 Å². The highest BCUT2D eigenvalue weighted by Crippen LogP contribution is 2.36. The van der Waals surface area contributed by atoms with Crippen LogP contribution in [0.5, 0.6) is 11.5 Å². The van der Waals surface area contributed by atoms with E-state index in [0.29, 0.717) is 0 Å². The molecule has 0 spiro atoms. The van der Waals surface area contributed by atoms with E-state index in [2.05, 4.69) is 9.47 Å². The summed E-state index contributed by atoms with van der Waals surface area (Å²) >= 11 is 0. The standard InChI is InChI=1S/C15H7F6NO2/c16-14(17,18)23-11-3-1-2-10(7-11)12-5-4-9(8-22)6-13(12)24-15(19,20)21/h1-7H. The lowest BCUT2D eigenvalue weighted by Gasteiger charge is -2.15.